The topological polar surface area (TPSA) is 89.4 Å². The molecule has 0 fully saturated rings. The van der Waals surface area contributed by atoms with E-state index in [9.17, 15) is 9.90 Å². The van der Waals surface area contributed by atoms with Crippen molar-refractivity contribution in [3.63, 3.8) is 0 Å². The zero-order chi connectivity index (χ0) is 20.4. The summed E-state index contributed by atoms with van der Waals surface area (Å²) in [6.07, 6.45) is 3.34. The lowest BCUT2D eigenvalue weighted by Crippen LogP contribution is -2.11. The standard InChI is InChI=1S/C22H21N3O4/c1-3-28-22(27)21-17-10-20(26)16(14-11-23-24-12-14)9-18(17)25(2)19(21)13-29-15-7-5-4-6-8-15/h4-12,26H,3,13H2,1-2H3,(H,23,24). The van der Waals surface area contributed by atoms with Crippen LogP contribution in [0.5, 0.6) is 11.5 Å². The summed E-state index contributed by atoms with van der Waals surface area (Å²) >= 11 is 0. The molecule has 0 spiro atoms. The first kappa shape index (κ1) is 18.6. The molecule has 0 saturated carbocycles. The molecular weight excluding hydrogens is 370 g/mol. The third-order valence-electron chi connectivity index (χ3n) is 4.85. The number of phenolic OH excluding ortho intramolecular Hbond substituents is 1. The molecule has 0 bridgehead atoms. The Morgan fingerprint density at radius 1 is 1.24 bits per heavy atom. The van der Waals surface area contributed by atoms with Gasteiger partial charge in [-0.15, -0.1) is 0 Å². The first-order chi connectivity index (χ1) is 14.1. The van der Waals surface area contributed by atoms with Crippen LogP contribution in [0.3, 0.4) is 0 Å². The van der Waals surface area contributed by atoms with Gasteiger partial charge in [-0.3, -0.25) is 5.10 Å². The lowest BCUT2D eigenvalue weighted by atomic mass is 10.0. The van der Waals surface area contributed by atoms with Crippen LogP contribution in [0.2, 0.25) is 0 Å². The van der Waals surface area contributed by atoms with Gasteiger partial charge in [0.2, 0.25) is 0 Å². The van der Waals surface area contributed by atoms with Gasteiger partial charge in [0.05, 0.1) is 24.1 Å². The molecule has 0 saturated heterocycles. The number of aromatic amines is 1. The maximum Gasteiger partial charge on any atom is 0.340 e. The van der Waals surface area contributed by atoms with Gasteiger partial charge in [0.15, 0.2) is 0 Å². The Bertz CT molecular complexity index is 1150. The van der Waals surface area contributed by atoms with Crippen LogP contribution in [0.25, 0.3) is 22.0 Å². The average Bonchev–Trinajstić information content (AvgIpc) is 3.34. The minimum atomic E-state index is -0.444. The summed E-state index contributed by atoms with van der Waals surface area (Å²) < 4.78 is 13.1. The van der Waals surface area contributed by atoms with E-state index in [1.54, 1.807) is 25.4 Å². The number of hydrogen-bond donors (Lipinski definition) is 2. The number of para-hydroxylation sites is 1. The molecule has 148 valence electrons. The van der Waals surface area contributed by atoms with Crippen LogP contribution < -0.4 is 4.74 Å². The van der Waals surface area contributed by atoms with E-state index in [-0.39, 0.29) is 19.0 Å². The fourth-order valence-electron chi connectivity index (χ4n) is 3.42. The predicted molar refractivity (Wildman–Crippen MR) is 109 cm³/mol. The van der Waals surface area contributed by atoms with Crippen LogP contribution in [0.4, 0.5) is 0 Å². The maximum absolute atomic E-state index is 12.7. The average molecular weight is 391 g/mol. The fraction of sp³-hybridized carbons (Fsp3) is 0.182. The zero-order valence-electron chi connectivity index (χ0n) is 16.2. The third kappa shape index (κ3) is 3.42. The second-order valence-electron chi connectivity index (χ2n) is 6.58. The van der Waals surface area contributed by atoms with E-state index < -0.39 is 5.97 Å². The Labute approximate surface area is 167 Å². The summed E-state index contributed by atoms with van der Waals surface area (Å²) in [5, 5.41) is 17.9. The Hall–Kier alpha value is -3.74. The Balaban J connectivity index is 1.85. The van der Waals surface area contributed by atoms with Gasteiger partial charge in [-0.25, -0.2) is 4.79 Å². The predicted octanol–water partition coefficient (Wildman–Crippen LogP) is 4.03. The van der Waals surface area contributed by atoms with Crippen molar-refractivity contribution >= 4 is 16.9 Å². The Kier molecular flexibility index (Phi) is 4.95. The van der Waals surface area contributed by atoms with Crippen molar-refractivity contribution in [1.29, 1.82) is 0 Å². The minimum Gasteiger partial charge on any atom is -0.507 e. The number of rotatable bonds is 6. The van der Waals surface area contributed by atoms with Crippen molar-refractivity contribution in [2.45, 2.75) is 13.5 Å². The quantitative estimate of drug-likeness (QED) is 0.485. The number of carbonyl (C=O) groups excluding carboxylic acids is 1. The number of H-pyrrole nitrogens is 1. The van der Waals surface area contributed by atoms with Gasteiger partial charge < -0.3 is 19.1 Å². The fourth-order valence-corrected chi connectivity index (χ4v) is 3.42. The molecule has 2 aromatic heterocycles. The van der Waals surface area contributed by atoms with Gasteiger partial charge in [0, 0.05) is 35.3 Å². The molecular formula is C22H21N3O4. The van der Waals surface area contributed by atoms with Crippen molar-refractivity contribution in [1.82, 2.24) is 14.8 Å². The summed E-state index contributed by atoms with van der Waals surface area (Å²) in [4.78, 5) is 12.7. The molecule has 2 N–H and O–H groups in total. The zero-order valence-corrected chi connectivity index (χ0v) is 16.2. The van der Waals surface area contributed by atoms with Crippen LogP contribution in [0, 0.1) is 0 Å². The van der Waals surface area contributed by atoms with E-state index in [4.69, 9.17) is 9.47 Å². The number of nitrogens with zero attached hydrogens (tertiary/aromatic N) is 2. The summed E-state index contributed by atoms with van der Waals surface area (Å²) in [6.45, 7) is 2.20. The number of benzene rings is 2. The van der Waals surface area contributed by atoms with E-state index in [1.807, 2.05) is 48.0 Å². The molecule has 0 atom stereocenters. The second kappa shape index (κ2) is 7.71. The van der Waals surface area contributed by atoms with Gasteiger partial charge in [-0.1, -0.05) is 18.2 Å². The van der Waals surface area contributed by atoms with Gasteiger partial charge >= 0.3 is 5.97 Å². The Morgan fingerprint density at radius 2 is 2.03 bits per heavy atom. The lowest BCUT2D eigenvalue weighted by Gasteiger charge is -2.10. The second-order valence-corrected chi connectivity index (χ2v) is 6.58. The third-order valence-corrected chi connectivity index (χ3v) is 4.85. The van der Waals surface area contributed by atoms with Crippen LogP contribution in [0.1, 0.15) is 23.0 Å². The number of carbonyl (C=O) groups is 1. The van der Waals surface area contributed by atoms with E-state index in [2.05, 4.69) is 10.2 Å². The van der Waals surface area contributed by atoms with Crippen molar-refractivity contribution in [3.05, 3.63) is 66.1 Å². The van der Waals surface area contributed by atoms with E-state index in [1.165, 1.54) is 0 Å². The molecule has 7 nitrogen and oxygen atoms in total. The molecule has 2 aromatic carbocycles. The number of fused-ring (bicyclic) bond motifs is 1. The van der Waals surface area contributed by atoms with Gasteiger partial charge in [-0.2, -0.15) is 5.10 Å². The molecule has 0 aliphatic rings. The molecule has 0 aliphatic heterocycles. The number of hydrogen-bond acceptors (Lipinski definition) is 5. The van der Waals surface area contributed by atoms with Gasteiger partial charge in [0.25, 0.3) is 0 Å². The highest BCUT2D eigenvalue weighted by Crippen LogP contribution is 2.37. The van der Waals surface area contributed by atoms with E-state index in [0.717, 1.165) is 11.1 Å². The number of ether oxygens (including phenoxy) is 2. The molecule has 7 heteroatoms. The Morgan fingerprint density at radius 3 is 2.72 bits per heavy atom. The molecule has 4 rings (SSSR count). The van der Waals surface area contributed by atoms with E-state index in [0.29, 0.717) is 28.0 Å². The molecule has 2 heterocycles. The highest BCUT2D eigenvalue weighted by atomic mass is 16.5. The lowest BCUT2D eigenvalue weighted by molar-refractivity contribution is 0.0525. The first-order valence-electron chi connectivity index (χ1n) is 9.28. The van der Waals surface area contributed by atoms with Crippen LogP contribution in [-0.2, 0) is 18.4 Å². The highest BCUT2D eigenvalue weighted by molar-refractivity contribution is 6.07. The molecule has 29 heavy (non-hydrogen) atoms. The van der Waals surface area contributed by atoms with Crippen LogP contribution in [0.15, 0.2) is 54.9 Å². The smallest absolute Gasteiger partial charge is 0.340 e. The van der Waals surface area contributed by atoms with Crippen LogP contribution in [-0.4, -0.2) is 32.4 Å². The number of aromatic nitrogens is 3. The first-order valence-corrected chi connectivity index (χ1v) is 9.28. The minimum absolute atomic E-state index is 0.0607. The van der Waals surface area contributed by atoms with Gasteiger partial charge in [-0.05, 0) is 31.2 Å². The summed E-state index contributed by atoms with van der Waals surface area (Å²) in [7, 11) is 1.87. The number of phenols is 1. The molecule has 0 aliphatic carbocycles. The summed E-state index contributed by atoms with van der Waals surface area (Å²) in [5.41, 5.74) is 3.23. The SMILES string of the molecule is CCOC(=O)c1c(COc2ccccc2)n(C)c2cc(-c3cn[nH]c3)c(O)cc12. The van der Waals surface area contributed by atoms with Gasteiger partial charge in [0.1, 0.15) is 18.1 Å². The maximum atomic E-state index is 12.7. The number of aromatic hydroxyl groups is 1. The molecule has 0 unspecified atom stereocenters. The highest BCUT2D eigenvalue weighted by Gasteiger charge is 2.24. The summed E-state index contributed by atoms with van der Waals surface area (Å²) in [5.74, 6) is 0.320. The molecule has 0 radical (unpaired) electrons. The van der Waals surface area contributed by atoms with Crippen molar-refractivity contribution in [2.24, 2.45) is 7.05 Å². The van der Waals surface area contributed by atoms with E-state index >= 15 is 0 Å². The van der Waals surface area contributed by atoms with Crippen LogP contribution >= 0.6 is 0 Å². The molecule has 0 amide bonds. The molecule has 4 aromatic rings. The van der Waals surface area contributed by atoms with Crippen molar-refractivity contribution < 1.29 is 19.4 Å². The normalized spacial score (nSPS) is 11.0. The largest absolute Gasteiger partial charge is 0.507 e. The number of esters is 1. The number of nitrogens with one attached hydrogen (secondary N) is 1. The summed E-state index contributed by atoms with van der Waals surface area (Å²) in [6, 6.07) is 12.8. The van der Waals surface area contributed by atoms with Crippen molar-refractivity contribution in [3.8, 4) is 22.6 Å². The van der Waals surface area contributed by atoms with Crippen molar-refractivity contribution in [2.75, 3.05) is 6.61 Å². The monoisotopic (exact) mass is 391 g/mol. The number of aryl methyl sites for hydroxylation is 1.